The van der Waals surface area contributed by atoms with Gasteiger partial charge in [-0.1, -0.05) is 13.8 Å². The van der Waals surface area contributed by atoms with Crippen molar-refractivity contribution in [1.29, 1.82) is 0 Å². The number of nitrogens with two attached hydrogens (primary N) is 1. The van der Waals surface area contributed by atoms with Crippen LogP contribution in [0.2, 0.25) is 0 Å². The van der Waals surface area contributed by atoms with Gasteiger partial charge in [0, 0.05) is 12.6 Å². The molecule has 2 aliphatic rings. The molecule has 2 saturated carbocycles. The fourth-order valence-electron chi connectivity index (χ4n) is 2.53. The van der Waals surface area contributed by atoms with E-state index in [1.165, 1.54) is 32.2 Å². The van der Waals surface area contributed by atoms with Gasteiger partial charge in [-0.05, 0) is 55.9 Å². The Bertz CT molecular complexity index is 205. The van der Waals surface area contributed by atoms with Crippen LogP contribution in [0.4, 0.5) is 0 Å². The lowest BCUT2D eigenvalue weighted by Gasteiger charge is -2.18. The van der Waals surface area contributed by atoms with E-state index in [0.717, 1.165) is 24.3 Å². The zero-order chi connectivity index (χ0) is 10.9. The topological polar surface area (TPSA) is 38.0 Å². The quantitative estimate of drug-likeness (QED) is 0.632. The Kier molecular flexibility index (Phi) is 3.36. The van der Waals surface area contributed by atoms with E-state index in [1.54, 1.807) is 0 Å². The molecule has 88 valence electrons. The average Bonchev–Trinajstić information content (AvgIpc) is 3.00. The molecule has 0 saturated heterocycles. The molecule has 2 rings (SSSR count). The number of hydrogen-bond acceptors (Lipinski definition) is 2. The molecule has 1 unspecified atom stereocenters. The Morgan fingerprint density at radius 1 is 1.33 bits per heavy atom. The zero-order valence-electron chi connectivity index (χ0n) is 10.3. The molecule has 0 aliphatic heterocycles. The van der Waals surface area contributed by atoms with Crippen molar-refractivity contribution >= 4 is 0 Å². The summed E-state index contributed by atoms with van der Waals surface area (Å²) >= 11 is 0. The molecular formula is C13H26N2. The molecule has 2 aliphatic carbocycles. The van der Waals surface area contributed by atoms with Crippen LogP contribution in [0, 0.1) is 17.3 Å². The molecule has 0 radical (unpaired) electrons. The summed E-state index contributed by atoms with van der Waals surface area (Å²) in [6, 6.07) is 0.369. The molecule has 0 aromatic rings. The molecule has 0 aromatic carbocycles. The smallest absolute Gasteiger partial charge is 0.00739 e. The largest absolute Gasteiger partial charge is 0.327 e. The summed E-state index contributed by atoms with van der Waals surface area (Å²) in [5.41, 5.74) is 6.75. The molecule has 3 N–H and O–H groups in total. The molecule has 0 heterocycles. The first-order valence-electron chi connectivity index (χ1n) is 6.60. The lowest BCUT2D eigenvalue weighted by Crippen LogP contribution is -2.33. The third-order valence-electron chi connectivity index (χ3n) is 4.32. The van der Waals surface area contributed by atoms with Crippen LogP contribution in [0.1, 0.15) is 46.0 Å². The predicted molar refractivity (Wildman–Crippen MR) is 64.7 cm³/mol. The Hall–Kier alpha value is -0.0800. The highest BCUT2D eigenvalue weighted by atomic mass is 14.9. The van der Waals surface area contributed by atoms with Crippen molar-refractivity contribution in [3.05, 3.63) is 0 Å². The van der Waals surface area contributed by atoms with Gasteiger partial charge in [0.25, 0.3) is 0 Å². The van der Waals surface area contributed by atoms with E-state index in [0.29, 0.717) is 12.0 Å². The normalized spacial score (nSPS) is 25.6. The van der Waals surface area contributed by atoms with Crippen LogP contribution in [0.25, 0.3) is 0 Å². The van der Waals surface area contributed by atoms with Gasteiger partial charge in [0.15, 0.2) is 0 Å². The summed E-state index contributed by atoms with van der Waals surface area (Å²) in [5, 5.41) is 3.62. The van der Waals surface area contributed by atoms with Crippen molar-refractivity contribution in [2.24, 2.45) is 23.0 Å². The Morgan fingerprint density at radius 3 is 2.47 bits per heavy atom. The van der Waals surface area contributed by atoms with Crippen molar-refractivity contribution < 1.29 is 0 Å². The molecule has 0 bridgehead atoms. The van der Waals surface area contributed by atoms with Gasteiger partial charge in [-0.3, -0.25) is 0 Å². The molecule has 0 spiro atoms. The first-order valence-corrected chi connectivity index (χ1v) is 6.60. The van der Waals surface area contributed by atoms with E-state index in [9.17, 15) is 0 Å². The highest BCUT2D eigenvalue weighted by molar-refractivity contribution is 5.04. The van der Waals surface area contributed by atoms with E-state index in [-0.39, 0.29) is 0 Å². The van der Waals surface area contributed by atoms with Gasteiger partial charge in [-0.25, -0.2) is 0 Å². The Labute approximate surface area is 94.0 Å². The summed E-state index contributed by atoms with van der Waals surface area (Å²) in [5.74, 6) is 1.69. The first-order chi connectivity index (χ1) is 7.14. The van der Waals surface area contributed by atoms with Gasteiger partial charge in [-0.2, -0.15) is 0 Å². The van der Waals surface area contributed by atoms with E-state index in [1.807, 2.05) is 0 Å². The molecule has 1 atom stereocenters. The number of rotatable bonds is 7. The molecule has 2 fully saturated rings. The lowest BCUT2D eigenvalue weighted by atomic mass is 10.00. The van der Waals surface area contributed by atoms with Gasteiger partial charge in [0.2, 0.25) is 0 Å². The second-order valence-corrected chi connectivity index (χ2v) is 6.01. The van der Waals surface area contributed by atoms with Crippen molar-refractivity contribution in [3.8, 4) is 0 Å². The number of hydrogen-bond donors (Lipinski definition) is 2. The maximum atomic E-state index is 6.01. The predicted octanol–water partition coefficient (Wildman–Crippen LogP) is 2.14. The second kappa shape index (κ2) is 4.42. The van der Waals surface area contributed by atoms with Gasteiger partial charge in [0.05, 0.1) is 0 Å². The fraction of sp³-hybridized carbons (Fsp3) is 1.00. The minimum absolute atomic E-state index is 0.369. The summed E-state index contributed by atoms with van der Waals surface area (Å²) < 4.78 is 0. The van der Waals surface area contributed by atoms with Crippen LogP contribution in [0.5, 0.6) is 0 Å². The maximum Gasteiger partial charge on any atom is 0.00739 e. The Morgan fingerprint density at radius 2 is 2.00 bits per heavy atom. The van der Waals surface area contributed by atoms with Crippen molar-refractivity contribution in [2.75, 3.05) is 13.1 Å². The SMILES string of the molecule is CC(C)C(N)CCNCC1(C2CC2)CC1. The fourth-order valence-corrected chi connectivity index (χ4v) is 2.53. The van der Waals surface area contributed by atoms with Crippen molar-refractivity contribution in [2.45, 2.75) is 52.0 Å². The summed E-state index contributed by atoms with van der Waals surface area (Å²) in [6.45, 7) is 6.77. The Balaban J connectivity index is 1.55. The zero-order valence-corrected chi connectivity index (χ0v) is 10.3. The van der Waals surface area contributed by atoms with Crippen LogP contribution < -0.4 is 11.1 Å². The number of nitrogens with one attached hydrogen (secondary N) is 1. The molecular weight excluding hydrogens is 184 g/mol. The third-order valence-corrected chi connectivity index (χ3v) is 4.32. The van der Waals surface area contributed by atoms with Gasteiger partial charge >= 0.3 is 0 Å². The maximum absolute atomic E-state index is 6.01. The summed E-state index contributed by atoms with van der Waals surface area (Å²) in [6.07, 6.45) is 7.06. The van der Waals surface area contributed by atoms with Crippen molar-refractivity contribution in [1.82, 2.24) is 5.32 Å². The third kappa shape index (κ3) is 2.94. The average molecular weight is 210 g/mol. The first kappa shape index (κ1) is 11.4. The lowest BCUT2D eigenvalue weighted by molar-refractivity contribution is 0.385. The van der Waals surface area contributed by atoms with Crippen LogP contribution in [0.15, 0.2) is 0 Å². The van der Waals surface area contributed by atoms with Gasteiger partial charge in [0.1, 0.15) is 0 Å². The van der Waals surface area contributed by atoms with Crippen LogP contribution in [0.3, 0.4) is 0 Å². The summed E-state index contributed by atoms with van der Waals surface area (Å²) in [4.78, 5) is 0. The standard InChI is InChI=1S/C13H26N2/c1-10(2)12(14)5-8-15-9-13(6-7-13)11-3-4-11/h10-12,15H,3-9,14H2,1-2H3. The van der Waals surface area contributed by atoms with Crippen LogP contribution in [-0.4, -0.2) is 19.1 Å². The molecule has 0 aromatic heterocycles. The van der Waals surface area contributed by atoms with Gasteiger partial charge < -0.3 is 11.1 Å². The monoisotopic (exact) mass is 210 g/mol. The molecule has 15 heavy (non-hydrogen) atoms. The molecule has 2 nitrogen and oxygen atoms in total. The molecule has 0 amide bonds. The van der Waals surface area contributed by atoms with Crippen LogP contribution in [-0.2, 0) is 0 Å². The highest BCUT2D eigenvalue weighted by Gasteiger charge is 2.53. The minimum Gasteiger partial charge on any atom is -0.327 e. The van der Waals surface area contributed by atoms with E-state index >= 15 is 0 Å². The second-order valence-electron chi connectivity index (χ2n) is 6.01. The van der Waals surface area contributed by atoms with E-state index < -0.39 is 0 Å². The van der Waals surface area contributed by atoms with E-state index in [4.69, 9.17) is 5.73 Å². The minimum atomic E-state index is 0.369. The van der Waals surface area contributed by atoms with Gasteiger partial charge in [-0.15, -0.1) is 0 Å². The summed E-state index contributed by atoms with van der Waals surface area (Å²) in [7, 11) is 0. The van der Waals surface area contributed by atoms with E-state index in [2.05, 4.69) is 19.2 Å². The van der Waals surface area contributed by atoms with Crippen molar-refractivity contribution in [3.63, 3.8) is 0 Å². The van der Waals surface area contributed by atoms with Crippen LogP contribution >= 0.6 is 0 Å². The molecule has 2 heteroatoms. The highest BCUT2D eigenvalue weighted by Crippen LogP contribution is 2.60.